The van der Waals surface area contributed by atoms with Crippen LogP contribution in [0.1, 0.15) is 18.4 Å². The van der Waals surface area contributed by atoms with E-state index in [1.807, 2.05) is 37.3 Å². The normalized spacial score (nSPS) is 24.2. The summed E-state index contributed by atoms with van der Waals surface area (Å²) in [5.41, 5.74) is 0.766. The van der Waals surface area contributed by atoms with E-state index in [0.29, 0.717) is 24.9 Å². The first-order valence-electron chi connectivity index (χ1n) is 9.18. The number of piperidine rings is 1. The lowest BCUT2D eigenvalue weighted by Crippen LogP contribution is -2.40. The van der Waals surface area contributed by atoms with Gasteiger partial charge in [0, 0.05) is 43.2 Å². The first kappa shape index (κ1) is 17.5. The maximum atomic E-state index is 12.5. The van der Waals surface area contributed by atoms with Gasteiger partial charge in [0.2, 0.25) is 11.8 Å². The van der Waals surface area contributed by atoms with Gasteiger partial charge in [-0.05, 0) is 12.5 Å². The van der Waals surface area contributed by atoms with E-state index >= 15 is 0 Å². The standard InChI is InChI=1S/C20H22N4O3/c1-13(14-5-3-2-4-6-14)20(27)22-19-15-9-23(10-16(15)19)18(26)11-24-12-21-8-7-17(24)25/h2-8,12-13,15-16,19H,9-11H2,1H3,(H,22,27)/t13-,15-,16+,19?/m0/s1. The molecule has 1 saturated heterocycles. The van der Waals surface area contributed by atoms with E-state index in [-0.39, 0.29) is 35.9 Å². The van der Waals surface area contributed by atoms with E-state index in [1.54, 1.807) is 4.90 Å². The zero-order valence-electron chi connectivity index (χ0n) is 15.1. The summed E-state index contributed by atoms with van der Waals surface area (Å²) in [6.45, 7) is 3.17. The van der Waals surface area contributed by atoms with Crippen LogP contribution in [0.2, 0.25) is 0 Å². The van der Waals surface area contributed by atoms with Gasteiger partial charge < -0.3 is 10.2 Å². The molecule has 2 aliphatic rings. The quantitative estimate of drug-likeness (QED) is 0.841. The lowest BCUT2D eigenvalue weighted by atomic mass is 10.0. The van der Waals surface area contributed by atoms with E-state index < -0.39 is 0 Å². The van der Waals surface area contributed by atoms with Gasteiger partial charge in [-0.2, -0.15) is 0 Å². The molecule has 1 N–H and O–H groups in total. The molecule has 1 aromatic carbocycles. The number of hydrogen-bond acceptors (Lipinski definition) is 4. The third kappa shape index (κ3) is 3.49. The number of aromatic nitrogens is 2. The molecule has 1 aliphatic heterocycles. The maximum absolute atomic E-state index is 12.5. The number of nitrogens with zero attached hydrogens (tertiary/aromatic N) is 3. The van der Waals surface area contributed by atoms with E-state index in [2.05, 4.69) is 10.3 Å². The summed E-state index contributed by atoms with van der Waals surface area (Å²) >= 11 is 0. The van der Waals surface area contributed by atoms with Gasteiger partial charge in [-0.25, -0.2) is 4.98 Å². The highest BCUT2D eigenvalue weighted by Crippen LogP contribution is 2.45. The van der Waals surface area contributed by atoms with Crippen molar-refractivity contribution in [1.29, 1.82) is 0 Å². The summed E-state index contributed by atoms with van der Waals surface area (Å²) in [6.07, 6.45) is 2.79. The molecule has 7 nitrogen and oxygen atoms in total. The Balaban J connectivity index is 1.28. The van der Waals surface area contributed by atoms with Crippen LogP contribution in [0.15, 0.2) is 53.7 Å². The predicted octanol–water partition coefficient (Wildman–Crippen LogP) is 0.620. The van der Waals surface area contributed by atoms with Crippen molar-refractivity contribution in [3.8, 4) is 0 Å². The van der Waals surface area contributed by atoms with Crippen LogP contribution >= 0.6 is 0 Å². The fourth-order valence-corrected chi connectivity index (χ4v) is 3.87. The number of amides is 2. The Hall–Kier alpha value is -2.96. The van der Waals surface area contributed by atoms with E-state index in [0.717, 1.165) is 5.56 Å². The van der Waals surface area contributed by atoms with Gasteiger partial charge in [0.15, 0.2) is 0 Å². The highest BCUT2D eigenvalue weighted by atomic mass is 16.2. The molecule has 1 unspecified atom stereocenters. The van der Waals surface area contributed by atoms with Crippen molar-refractivity contribution < 1.29 is 9.59 Å². The third-order valence-corrected chi connectivity index (χ3v) is 5.65. The molecular weight excluding hydrogens is 344 g/mol. The van der Waals surface area contributed by atoms with Crippen LogP contribution < -0.4 is 10.9 Å². The van der Waals surface area contributed by atoms with E-state index in [4.69, 9.17) is 0 Å². The largest absolute Gasteiger partial charge is 0.352 e. The molecule has 7 heteroatoms. The monoisotopic (exact) mass is 366 g/mol. The zero-order valence-corrected chi connectivity index (χ0v) is 15.1. The SMILES string of the molecule is C[C@H](C(=O)NC1[C@H]2CN(C(=O)Cn3cnccc3=O)C[C@@H]12)c1ccccc1. The molecule has 2 aromatic rings. The molecule has 4 rings (SSSR count). The van der Waals surface area contributed by atoms with Crippen LogP contribution in [-0.4, -0.2) is 45.4 Å². The number of likely N-dealkylation sites (tertiary alicyclic amines) is 1. The zero-order chi connectivity index (χ0) is 19.0. The molecular formula is C20H22N4O3. The molecule has 0 spiro atoms. The molecule has 2 fully saturated rings. The van der Waals surface area contributed by atoms with Crippen LogP contribution in [0.5, 0.6) is 0 Å². The summed E-state index contributed by atoms with van der Waals surface area (Å²) in [4.78, 5) is 42.2. The molecule has 27 heavy (non-hydrogen) atoms. The average molecular weight is 366 g/mol. The van der Waals surface area contributed by atoms with Crippen LogP contribution in [0, 0.1) is 11.8 Å². The van der Waals surface area contributed by atoms with Gasteiger partial charge in [-0.1, -0.05) is 30.3 Å². The number of rotatable bonds is 5. The minimum Gasteiger partial charge on any atom is -0.352 e. The number of carbonyl (C=O) groups is 2. The smallest absolute Gasteiger partial charge is 0.253 e. The first-order chi connectivity index (χ1) is 13.0. The Morgan fingerprint density at radius 2 is 1.89 bits per heavy atom. The van der Waals surface area contributed by atoms with Crippen molar-refractivity contribution in [2.75, 3.05) is 13.1 Å². The van der Waals surface area contributed by atoms with Gasteiger partial charge in [-0.3, -0.25) is 19.0 Å². The molecule has 2 amide bonds. The topological polar surface area (TPSA) is 84.3 Å². The van der Waals surface area contributed by atoms with Gasteiger partial charge in [0.05, 0.1) is 12.2 Å². The lowest BCUT2D eigenvalue weighted by molar-refractivity contribution is -0.131. The Morgan fingerprint density at radius 1 is 1.19 bits per heavy atom. The highest BCUT2D eigenvalue weighted by molar-refractivity contribution is 5.84. The highest BCUT2D eigenvalue weighted by Gasteiger charge is 2.57. The first-order valence-corrected chi connectivity index (χ1v) is 9.18. The van der Waals surface area contributed by atoms with Crippen LogP contribution in [0.3, 0.4) is 0 Å². The van der Waals surface area contributed by atoms with Crippen molar-refractivity contribution in [1.82, 2.24) is 19.8 Å². The third-order valence-electron chi connectivity index (χ3n) is 5.65. The van der Waals surface area contributed by atoms with Gasteiger partial charge >= 0.3 is 0 Å². The number of carbonyl (C=O) groups excluding carboxylic acids is 2. The number of fused-ring (bicyclic) bond motifs is 1. The maximum Gasteiger partial charge on any atom is 0.253 e. The summed E-state index contributed by atoms with van der Waals surface area (Å²) < 4.78 is 1.31. The van der Waals surface area contributed by atoms with Gasteiger partial charge in [0.1, 0.15) is 6.54 Å². The Bertz CT molecular complexity index is 899. The molecule has 0 radical (unpaired) electrons. The van der Waals surface area contributed by atoms with Crippen molar-refractivity contribution in [3.05, 3.63) is 64.8 Å². The predicted molar refractivity (Wildman–Crippen MR) is 98.8 cm³/mol. The summed E-state index contributed by atoms with van der Waals surface area (Å²) in [5.74, 6) is 0.376. The molecule has 140 valence electrons. The molecule has 1 saturated carbocycles. The fraction of sp³-hybridized carbons (Fsp3) is 0.400. The van der Waals surface area contributed by atoms with Crippen LogP contribution in [0.25, 0.3) is 0 Å². The Kier molecular flexibility index (Phi) is 4.51. The average Bonchev–Trinajstić information content (AvgIpc) is 3.12. The summed E-state index contributed by atoms with van der Waals surface area (Å²) in [5, 5.41) is 3.13. The second-order valence-corrected chi connectivity index (χ2v) is 7.34. The minimum atomic E-state index is -0.234. The number of benzene rings is 1. The van der Waals surface area contributed by atoms with Crippen molar-refractivity contribution in [3.63, 3.8) is 0 Å². The van der Waals surface area contributed by atoms with Gasteiger partial charge in [0.25, 0.3) is 5.56 Å². The van der Waals surface area contributed by atoms with Crippen LogP contribution in [0.4, 0.5) is 0 Å². The van der Waals surface area contributed by atoms with E-state index in [9.17, 15) is 14.4 Å². The fourth-order valence-electron chi connectivity index (χ4n) is 3.87. The Morgan fingerprint density at radius 3 is 2.56 bits per heavy atom. The lowest BCUT2D eigenvalue weighted by Gasteiger charge is -2.21. The van der Waals surface area contributed by atoms with Crippen molar-refractivity contribution in [2.24, 2.45) is 11.8 Å². The second kappa shape index (κ2) is 6.98. The van der Waals surface area contributed by atoms with Crippen molar-refractivity contribution >= 4 is 11.8 Å². The number of nitrogens with one attached hydrogen (secondary N) is 1. The van der Waals surface area contributed by atoms with E-state index in [1.165, 1.54) is 23.2 Å². The summed E-state index contributed by atoms with van der Waals surface area (Å²) in [7, 11) is 0. The molecule has 1 aromatic heterocycles. The molecule has 0 bridgehead atoms. The van der Waals surface area contributed by atoms with Crippen LogP contribution in [-0.2, 0) is 16.1 Å². The second-order valence-electron chi connectivity index (χ2n) is 7.34. The Labute approximate surface area is 157 Å². The molecule has 1 aliphatic carbocycles. The van der Waals surface area contributed by atoms with Crippen molar-refractivity contribution in [2.45, 2.75) is 25.4 Å². The van der Waals surface area contributed by atoms with Gasteiger partial charge in [-0.15, -0.1) is 0 Å². The number of hydrogen-bond donors (Lipinski definition) is 1. The minimum absolute atomic E-state index is 0.00812. The molecule has 2 heterocycles. The summed E-state index contributed by atoms with van der Waals surface area (Å²) in [6, 6.07) is 11.2. The molecule has 4 atom stereocenters.